The molecule has 2 amide bonds. The zero-order chi connectivity index (χ0) is 14.9. The van der Waals surface area contributed by atoms with Gasteiger partial charge >= 0.3 is 12.2 Å². The number of aliphatic hydroxyl groups excluding tert-OH is 1. The van der Waals surface area contributed by atoms with E-state index in [0.29, 0.717) is 6.42 Å². The molecule has 0 saturated heterocycles. The van der Waals surface area contributed by atoms with Crippen molar-refractivity contribution in [1.29, 1.82) is 0 Å². The fraction of sp³-hybridized carbons (Fsp3) is 0.462. The number of carbonyl (C=O) groups excluding carboxylic acids is 1. The topological polar surface area (TPSA) is 61.4 Å². The van der Waals surface area contributed by atoms with Gasteiger partial charge in [0, 0.05) is 6.42 Å². The Morgan fingerprint density at radius 2 is 2.05 bits per heavy atom. The van der Waals surface area contributed by atoms with Gasteiger partial charge in [-0.15, -0.1) is 0 Å². The first-order valence-electron chi connectivity index (χ1n) is 6.18. The van der Waals surface area contributed by atoms with E-state index in [9.17, 15) is 23.1 Å². The van der Waals surface area contributed by atoms with E-state index in [1.54, 1.807) is 18.2 Å². The Labute approximate surface area is 114 Å². The fourth-order valence-corrected chi connectivity index (χ4v) is 2.21. The lowest BCUT2D eigenvalue weighted by atomic mass is 10.1. The highest BCUT2D eigenvalue weighted by molar-refractivity contribution is 5.75. The Balaban J connectivity index is 2.02. The van der Waals surface area contributed by atoms with Crippen molar-refractivity contribution in [3.8, 4) is 0 Å². The van der Waals surface area contributed by atoms with Crippen molar-refractivity contribution in [2.24, 2.45) is 0 Å². The van der Waals surface area contributed by atoms with E-state index < -0.39 is 30.4 Å². The highest BCUT2D eigenvalue weighted by atomic mass is 19.4. The van der Waals surface area contributed by atoms with Crippen molar-refractivity contribution in [3.63, 3.8) is 0 Å². The molecule has 0 spiro atoms. The molecule has 0 aromatic heterocycles. The maximum atomic E-state index is 12.3. The van der Waals surface area contributed by atoms with Gasteiger partial charge in [0.1, 0.15) is 6.04 Å². The standard InChI is InChI=1S/C13H15F3N2O2/c1-7(13(14,15)16)17-12(20)18-11-9-5-3-2-4-8(9)6-10(11)19/h2-5,7,10-11,19H,6H2,1H3,(H2,17,18,20)/t7-,10-,11+/m0/s1. The van der Waals surface area contributed by atoms with E-state index in [2.05, 4.69) is 5.32 Å². The van der Waals surface area contributed by atoms with E-state index in [-0.39, 0.29) is 0 Å². The summed E-state index contributed by atoms with van der Waals surface area (Å²) in [5.41, 5.74) is 1.61. The molecule has 1 aromatic rings. The third kappa shape index (κ3) is 3.04. The first-order valence-corrected chi connectivity index (χ1v) is 6.18. The maximum Gasteiger partial charge on any atom is 0.408 e. The first kappa shape index (κ1) is 14.6. The Kier molecular flexibility index (Phi) is 3.89. The van der Waals surface area contributed by atoms with Crippen molar-refractivity contribution in [2.75, 3.05) is 0 Å². The Morgan fingerprint density at radius 3 is 2.70 bits per heavy atom. The summed E-state index contributed by atoms with van der Waals surface area (Å²) in [5, 5.41) is 14.1. The average molecular weight is 288 g/mol. The number of urea groups is 1. The Morgan fingerprint density at radius 1 is 1.40 bits per heavy atom. The fourth-order valence-electron chi connectivity index (χ4n) is 2.21. The van der Waals surface area contributed by atoms with E-state index >= 15 is 0 Å². The summed E-state index contributed by atoms with van der Waals surface area (Å²) in [6.07, 6.45) is -4.96. The number of hydrogen-bond donors (Lipinski definition) is 3. The summed E-state index contributed by atoms with van der Waals surface area (Å²) < 4.78 is 37.0. The third-order valence-electron chi connectivity index (χ3n) is 3.33. The molecular formula is C13H15F3N2O2. The zero-order valence-electron chi connectivity index (χ0n) is 10.7. The molecule has 3 N–H and O–H groups in total. The number of alkyl halides is 3. The van der Waals surface area contributed by atoms with E-state index in [0.717, 1.165) is 18.1 Å². The van der Waals surface area contributed by atoms with Gasteiger partial charge in [0.15, 0.2) is 0 Å². The maximum absolute atomic E-state index is 12.3. The quantitative estimate of drug-likeness (QED) is 0.778. The molecule has 3 atom stereocenters. The number of benzene rings is 1. The second-order valence-electron chi connectivity index (χ2n) is 4.83. The molecule has 0 aliphatic heterocycles. The monoisotopic (exact) mass is 288 g/mol. The number of nitrogens with one attached hydrogen (secondary N) is 2. The molecule has 1 aromatic carbocycles. The van der Waals surface area contributed by atoms with E-state index in [1.807, 2.05) is 11.4 Å². The number of aliphatic hydroxyl groups is 1. The molecule has 0 saturated carbocycles. The second kappa shape index (κ2) is 5.32. The van der Waals surface area contributed by atoms with Gasteiger partial charge in [-0.05, 0) is 18.1 Å². The van der Waals surface area contributed by atoms with Crippen LogP contribution in [0.3, 0.4) is 0 Å². The normalized spacial score (nSPS) is 23.1. The molecule has 0 unspecified atom stereocenters. The molecule has 0 fully saturated rings. The largest absolute Gasteiger partial charge is 0.408 e. The smallest absolute Gasteiger partial charge is 0.390 e. The highest BCUT2D eigenvalue weighted by Crippen LogP contribution is 2.31. The SMILES string of the molecule is C[C@H](NC(=O)N[C@@H]1c2ccccc2C[C@@H]1O)C(F)(F)F. The lowest BCUT2D eigenvalue weighted by molar-refractivity contribution is -0.148. The number of amides is 2. The van der Waals surface area contributed by atoms with Gasteiger partial charge < -0.3 is 15.7 Å². The summed E-state index contributed by atoms with van der Waals surface area (Å²) in [4.78, 5) is 11.6. The summed E-state index contributed by atoms with van der Waals surface area (Å²) in [5.74, 6) is 0. The van der Waals surface area contributed by atoms with Crippen LogP contribution >= 0.6 is 0 Å². The Hall–Kier alpha value is -1.76. The van der Waals surface area contributed by atoms with Gasteiger partial charge in [-0.3, -0.25) is 0 Å². The molecule has 0 bridgehead atoms. The van der Waals surface area contributed by atoms with Crippen molar-refractivity contribution in [3.05, 3.63) is 35.4 Å². The van der Waals surface area contributed by atoms with Crippen LogP contribution in [0.15, 0.2) is 24.3 Å². The van der Waals surface area contributed by atoms with Gasteiger partial charge in [0.25, 0.3) is 0 Å². The molecule has 7 heteroatoms. The molecule has 1 aliphatic carbocycles. The van der Waals surface area contributed by atoms with Gasteiger partial charge in [0.05, 0.1) is 12.1 Å². The third-order valence-corrected chi connectivity index (χ3v) is 3.33. The van der Waals surface area contributed by atoms with Crippen LogP contribution in [-0.2, 0) is 6.42 Å². The first-order chi connectivity index (χ1) is 9.29. The van der Waals surface area contributed by atoms with Crippen LogP contribution in [0.25, 0.3) is 0 Å². The van der Waals surface area contributed by atoms with Crippen molar-refractivity contribution in [2.45, 2.75) is 37.7 Å². The van der Waals surface area contributed by atoms with E-state index in [4.69, 9.17) is 0 Å². The van der Waals surface area contributed by atoms with Crippen LogP contribution in [0.5, 0.6) is 0 Å². The molecule has 4 nitrogen and oxygen atoms in total. The van der Waals surface area contributed by atoms with Crippen LogP contribution in [0, 0.1) is 0 Å². The molecule has 0 heterocycles. The summed E-state index contributed by atoms with van der Waals surface area (Å²) >= 11 is 0. The number of fused-ring (bicyclic) bond motifs is 1. The predicted molar refractivity (Wildman–Crippen MR) is 66.1 cm³/mol. The average Bonchev–Trinajstić information content (AvgIpc) is 2.65. The van der Waals surface area contributed by atoms with Gasteiger partial charge in [-0.25, -0.2) is 4.79 Å². The van der Waals surface area contributed by atoms with Crippen molar-refractivity contribution < 1.29 is 23.1 Å². The number of carbonyl (C=O) groups is 1. The zero-order valence-corrected chi connectivity index (χ0v) is 10.7. The highest BCUT2D eigenvalue weighted by Gasteiger charge is 2.38. The lowest BCUT2D eigenvalue weighted by Gasteiger charge is -2.22. The van der Waals surface area contributed by atoms with Crippen LogP contribution in [-0.4, -0.2) is 29.5 Å². The summed E-state index contributed by atoms with van der Waals surface area (Å²) in [6, 6.07) is 3.53. The van der Waals surface area contributed by atoms with Crippen molar-refractivity contribution >= 4 is 6.03 Å². The number of hydrogen-bond acceptors (Lipinski definition) is 2. The number of rotatable bonds is 2. The molecular weight excluding hydrogens is 273 g/mol. The van der Waals surface area contributed by atoms with Crippen LogP contribution in [0.4, 0.5) is 18.0 Å². The van der Waals surface area contributed by atoms with Crippen LogP contribution < -0.4 is 10.6 Å². The minimum Gasteiger partial charge on any atom is -0.390 e. The molecule has 110 valence electrons. The van der Waals surface area contributed by atoms with Crippen LogP contribution in [0.1, 0.15) is 24.1 Å². The lowest BCUT2D eigenvalue weighted by Crippen LogP contribution is -2.49. The van der Waals surface area contributed by atoms with Gasteiger partial charge in [-0.1, -0.05) is 24.3 Å². The summed E-state index contributed by atoms with van der Waals surface area (Å²) in [6.45, 7) is 0.860. The van der Waals surface area contributed by atoms with Gasteiger partial charge in [0.2, 0.25) is 0 Å². The van der Waals surface area contributed by atoms with Gasteiger partial charge in [-0.2, -0.15) is 13.2 Å². The molecule has 0 radical (unpaired) electrons. The molecule has 20 heavy (non-hydrogen) atoms. The Bertz CT molecular complexity index is 505. The predicted octanol–water partition coefficient (Wildman–Crippen LogP) is 1.89. The minimum atomic E-state index is -4.50. The van der Waals surface area contributed by atoms with E-state index in [1.165, 1.54) is 0 Å². The van der Waals surface area contributed by atoms with Crippen LogP contribution in [0.2, 0.25) is 0 Å². The summed E-state index contributed by atoms with van der Waals surface area (Å²) in [7, 11) is 0. The molecule has 1 aliphatic rings. The van der Waals surface area contributed by atoms with Crippen molar-refractivity contribution in [1.82, 2.24) is 10.6 Å². The molecule has 2 rings (SSSR count). The number of halogens is 3. The second-order valence-corrected chi connectivity index (χ2v) is 4.83. The minimum absolute atomic E-state index is 0.371.